The number of benzene rings is 1. The van der Waals surface area contributed by atoms with Crippen molar-refractivity contribution < 1.29 is 19.0 Å². The van der Waals surface area contributed by atoms with E-state index in [0.717, 1.165) is 5.69 Å². The number of nitrogens with one attached hydrogen (secondary N) is 2. The molecule has 2 amide bonds. The highest BCUT2D eigenvalue weighted by molar-refractivity contribution is 7.13. The van der Waals surface area contributed by atoms with Gasteiger partial charge in [0, 0.05) is 17.5 Å². The van der Waals surface area contributed by atoms with Gasteiger partial charge >= 0.3 is 6.03 Å². The van der Waals surface area contributed by atoms with Gasteiger partial charge in [-0.05, 0) is 27.7 Å². The van der Waals surface area contributed by atoms with Gasteiger partial charge in [0.1, 0.15) is 0 Å². The van der Waals surface area contributed by atoms with Crippen molar-refractivity contribution in [1.29, 1.82) is 0 Å². The average Bonchev–Trinajstić information content (AvgIpc) is 2.96. The van der Waals surface area contributed by atoms with Gasteiger partial charge in [0.15, 0.2) is 16.6 Å². The number of ether oxygens (including phenoxy) is 3. The van der Waals surface area contributed by atoms with Gasteiger partial charge in [-0.15, -0.1) is 11.3 Å². The molecule has 0 aliphatic heterocycles. The number of thiazole rings is 1. The summed E-state index contributed by atoms with van der Waals surface area (Å²) in [4.78, 5) is 16.4. The first kappa shape index (κ1) is 18.9. The second-order valence-electron chi connectivity index (χ2n) is 4.97. The summed E-state index contributed by atoms with van der Waals surface area (Å²) >= 11 is 1.37. The molecule has 1 aromatic heterocycles. The Morgan fingerprint density at radius 3 is 2.12 bits per heavy atom. The molecule has 0 bridgehead atoms. The van der Waals surface area contributed by atoms with Crippen LogP contribution in [0.1, 0.15) is 26.5 Å². The third-order valence-corrected chi connectivity index (χ3v) is 3.88. The number of aryl methyl sites for hydroxylation is 1. The summed E-state index contributed by atoms with van der Waals surface area (Å²) < 4.78 is 16.9. The monoisotopic (exact) mass is 365 g/mol. The number of rotatable bonds is 8. The van der Waals surface area contributed by atoms with Gasteiger partial charge < -0.3 is 19.5 Å². The first-order chi connectivity index (χ1) is 12.1. The molecule has 0 spiro atoms. The Morgan fingerprint density at radius 2 is 1.64 bits per heavy atom. The van der Waals surface area contributed by atoms with Crippen molar-refractivity contribution in [3.05, 3.63) is 23.2 Å². The van der Waals surface area contributed by atoms with E-state index in [0.29, 0.717) is 47.9 Å². The van der Waals surface area contributed by atoms with Crippen LogP contribution in [0.4, 0.5) is 15.6 Å². The Morgan fingerprint density at radius 1 is 1.04 bits per heavy atom. The molecule has 0 aliphatic rings. The molecule has 136 valence electrons. The Bertz CT molecular complexity index is 691. The quantitative estimate of drug-likeness (QED) is 0.729. The third kappa shape index (κ3) is 5.25. The van der Waals surface area contributed by atoms with Gasteiger partial charge in [-0.2, -0.15) is 0 Å². The Hall–Kier alpha value is -2.48. The first-order valence-corrected chi connectivity index (χ1v) is 9.01. The van der Waals surface area contributed by atoms with Crippen molar-refractivity contribution in [2.24, 2.45) is 0 Å². The summed E-state index contributed by atoms with van der Waals surface area (Å²) in [5, 5.41) is 7.87. The van der Waals surface area contributed by atoms with E-state index in [1.165, 1.54) is 11.3 Å². The zero-order chi connectivity index (χ0) is 18.2. The van der Waals surface area contributed by atoms with E-state index in [1.807, 2.05) is 33.1 Å². The highest BCUT2D eigenvalue weighted by Gasteiger charge is 2.16. The lowest BCUT2D eigenvalue weighted by molar-refractivity contribution is 0.260. The minimum Gasteiger partial charge on any atom is -0.490 e. The number of anilines is 2. The lowest BCUT2D eigenvalue weighted by Crippen LogP contribution is -2.19. The molecule has 25 heavy (non-hydrogen) atoms. The summed E-state index contributed by atoms with van der Waals surface area (Å²) in [6, 6.07) is 3.04. The molecule has 0 aliphatic carbocycles. The second-order valence-corrected chi connectivity index (χ2v) is 5.83. The summed E-state index contributed by atoms with van der Waals surface area (Å²) in [6.07, 6.45) is 0. The number of carbonyl (C=O) groups is 1. The summed E-state index contributed by atoms with van der Waals surface area (Å²) in [7, 11) is 0. The lowest BCUT2D eigenvalue weighted by atomic mass is 10.2. The van der Waals surface area contributed by atoms with Crippen LogP contribution in [-0.2, 0) is 0 Å². The maximum Gasteiger partial charge on any atom is 0.325 e. The number of amides is 2. The minimum atomic E-state index is -0.386. The largest absolute Gasteiger partial charge is 0.490 e. The first-order valence-electron chi connectivity index (χ1n) is 8.13. The number of hydrogen-bond donors (Lipinski definition) is 2. The Balaban J connectivity index is 2.22. The second kappa shape index (κ2) is 9.12. The van der Waals surface area contributed by atoms with E-state index >= 15 is 0 Å². The smallest absolute Gasteiger partial charge is 0.325 e. The SMILES string of the molecule is CCOc1cc(NC(=O)Nc2nc(C)cs2)cc(OCC)c1OCC. The fourth-order valence-electron chi connectivity index (χ4n) is 2.13. The molecule has 0 fully saturated rings. The fourth-order valence-corrected chi connectivity index (χ4v) is 2.81. The van der Waals surface area contributed by atoms with E-state index in [4.69, 9.17) is 14.2 Å². The van der Waals surface area contributed by atoms with E-state index in [9.17, 15) is 4.79 Å². The van der Waals surface area contributed by atoms with Crippen LogP contribution in [-0.4, -0.2) is 30.8 Å². The number of aromatic nitrogens is 1. The van der Waals surface area contributed by atoms with Crippen molar-refractivity contribution in [2.45, 2.75) is 27.7 Å². The lowest BCUT2D eigenvalue weighted by Gasteiger charge is -2.17. The zero-order valence-electron chi connectivity index (χ0n) is 14.8. The van der Waals surface area contributed by atoms with Crippen LogP contribution >= 0.6 is 11.3 Å². The number of nitrogens with zero attached hydrogens (tertiary/aromatic N) is 1. The van der Waals surface area contributed by atoms with Crippen LogP contribution in [0.25, 0.3) is 0 Å². The minimum absolute atomic E-state index is 0.386. The van der Waals surface area contributed by atoms with Crippen LogP contribution in [0.15, 0.2) is 17.5 Å². The van der Waals surface area contributed by atoms with Gasteiger partial charge in [-0.25, -0.2) is 9.78 Å². The maximum atomic E-state index is 12.2. The molecule has 7 nitrogen and oxygen atoms in total. The van der Waals surface area contributed by atoms with Gasteiger partial charge in [-0.3, -0.25) is 5.32 Å². The predicted molar refractivity (Wildman–Crippen MR) is 99.4 cm³/mol. The topological polar surface area (TPSA) is 81.7 Å². The predicted octanol–water partition coefficient (Wildman–Crippen LogP) is 4.29. The molecule has 0 saturated carbocycles. The van der Waals surface area contributed by atoms with Gasteiger partial charge in [-0.1, -0.05) is 0 Å². The summed E-state index contributed by atoms with van der Waals surface area (Å²) in [6.45, 7) is 8.95. The maximum absolute atomic E-state index is 12.2. The van der Waals surface area contributed by atoms with Crippen molar-refractivity contribution in [1.82, 2.24) is 4.98 Å². The normalized spacial score (nSPS) is 10.2. The number of hydrogen-bond acceptors (Lipinski definition) is 6. The summed E-state index contributed by atoms with van der Waals surface area (Å²) in [5.74, 6) is 1.58. The van der Waals surface area contributed by atoms with Crippen molar-refractivity contribution in [3.8, 4) is 17.2 Å². The molecule has 2 aromatic rings. The van der Waals surface area contributed by atoms with E-state index in [1.54, 1.807) is 12.1 Å². The molecular weight excluding hydrogens is 342 g/mol. The molecule has 1 heterocycles. The molecule has 0 unspecified atom stereocenters. The number of carbonyl (C=O) groups excluding carboxylic acids is 1. The third-order valence-electron chi connectivity index (χ3n) is 3.01. The molecule has 1 aromatic carbocycles. The highest BCUT2D eigenvalue weighted by Crippen LogP contribution is 2.40. The highest BCUT2D eigenvalue weighted by atomic mass is 32.1. The van der Waals surface area contributed by atoms with Crippen LogP contribution in [0.2, 0.25) is 0 Å². The molecule has 8 heteroatoms. The molecule has 2 rings (SSSR count). The van der Waals surface area contributed by atoms with Gasteiger partial charge in [0.2, 0.25) is 5.75 Å². The fraction of sp³-hybridized carbons (Fsp3) is 0.412. The molecule has 2 N–H and O–H groups in total. The van der Waals surface area contributed by atoms with Crippen LogP contribution in [0, 0.1) is 6.92 Å². The summed E-state index contributed by atoms with van der Waals surface area (Å²) in [5.41, 5.74) is 1.40. The van der Waals surface area contributed by atoms with Gasteiger partial charge in [0.05, 0.1) is 31.2 Å². The number of urea groups is 1. The average molecular weight is 365 g/mol. The van der Waals surface area contributed by atoms with E-state index < -0.39 is 0 Å². The Kier molecular flexibility index (Phi) is 6.88. The standard InChI is InChI=1S/C17H23N3O4S/c1-5-22-13-8-12(9-14(23-6-2)15(13)24-7-3)19-16(21)20-17-18-11(4)10-25-17/h8-10H,5-7H2,1-4H3,(H2,18,19,20,21). The van der Waals surface area contributed by atoms with Crippen molar-refractivity contribution in [3.63, 3.8) is 0 Å². The zero-order valence-corrected chi connectivity index (χ0v) is 15.7. The van der Waals surface area contributed by atoms with Gasteiger partial charge in [0.25, 0.3) is 0 Å². The molecule has 0 radical (unpaired) electrons. The Labute approximate surface area is 151 Å². The van der Waals surface area contributed by atoms with E-state index in [-0.39, 0.29) is 6.03 Å². The van der Waals surface area contributed by atoms with Crippen LogP contribution < -0.4 is 24.8 Å². The van der Waals surface area contributed by atoms with Crippen LogP contribution in [0.3, 0.4) is 0 Å². The molecule has 0 saturated heterocycles. The van der Waals surface area contributed by atoms with Crippen molar-refractivity contribution >= 4 is 28.2 Å². The van der Waals surface area contributed by atoms with E-state index in [2.05, 4.69) is 15.6 Å². The van der Waals surface area contributed by atoms with Crippen LogP contribution in [0.5, 0.6) is 17.2 Å². The van der Waals surface area contributed by atoms with Crippen molar-refractivity contribution in [2.75, 3.05) is 30.5 Å². The molecule has 0 atom stereocenters. The molecular formula is C17H23N3O4S.